The highest BCUT2D eigenvalue weighted by Crippen LogP contribution is 1.99. The molecule has 0 spiro atoms. The van der Waals surface area contributed by atoms with E-state index in [4.69, 9.17) is 15.6 Å². The molecule has 0 saturated carbocycles. The fourth-order valence-electron chi connectivity index (χ4n) is 0.631. The van der Waals surface area contributed by atoms with Crippen molar-refractivity contribution in [2.24, 2.45) is 5.73 Å². The van der Waals surface area contributed by atoms with E-state index >= 15 is 0 Å². The summed E-state index contributed by atoms with van der Waals surface area (Å²) in [6.07, 6.45) is 2.54. The van der Waals surface area contributed by atoms with Crippen molar-refractivity contribution in [1.82, 2.24) is 0 Å². The highest BCUT2D eigenvalue weighted by Gasteiger charge is 2.08. The third kappa shape index (κ3) is 7.24. The first-order chi connectivity index (χ1) is 5.31. The van der Waals surface area contributed by atoms with Crippen LogP contribution in [-0.2, 0) is 9.53 Å². The van der Waals surface area contributed by atoms with Gasteiger partial charge >= 0.3 is 5.97 Å². The molecule has 0 radical (unpaired) electrons. The van der Waals surface area contributed by atoms with Gasteiger partial charge in [0.15, 0.2) is 0 Å². The van der Waals surface area contributed by atoms with Crippen LogP contribution in [-0.4, -0.2) is 22.9 Å². The Morgan fingerprint density at radius 1 is 1.75 bits per heavy atom. The van der Waals surface area contributed by atoms with Crippen molar-refractivity contribution in [2.45, 2.75) is 32.6 Å². The number of aliphatic hydroxyl groups is 1. The zero-order chi connectivity index (χ0) is 9.78. The molecule has 1 unspecified atom stereocenters. The molecular weight excluding hydrogens is 158 g/mol. The Bertz CT molecular complexity index is 181. The van der Waals surface area contributed by atoms with Crippen molar-refractivity contribution in [1.29, 1.82) is 0 Å². The Morgan fingerprint density at radius 2 is 2.25 bits per heavy atom. The van der Waals surface area contributed by atoms with Crippen LogP contribution in [0.15, 0.2) is 12.2 Å². The molecule has 0 rings (SSSR count). The SMILES string of the molecule is CC(=O)O[C@@H](C)/C=C\C(C)(N)O. The zero-order valence-electron chi connectivity index (χ0n) is 7.57. The second-order valence-corrected chi connectivity index (χ2v) is 2.90. The first-order valence-electron chi connectivity index (χ1n) is 3.69. The van der Waals surface area contributed by atoms with Crippen molar-refractivity contribution in [3.8, 4) is 0 Å². The maximum atomic E-state index is 10.4. The molecule has 4 nitrogen and oxygen atoms in total. The predicted molar refractivity (Wildman–Crippen MR) is 45.2 cm³/mol. The third-order valence-electron chi connectivity index (χ3n) is 1.06. The maximum Gasteiger partial charge on any atom is 0.303 e. The quantitative estimate of drug-likeness (QED) is 0.362. The maximum absolute atomic E-state index is 10.4. The Balaban J connectivity index is 3.91. The molecule has 0 aromatic rings. The molecule has 0 amide bonds. The molecular formula is C8H15NO3. The fraction of sp³-hybridized carbons (Fsp3) is 0.625. The van der Waals surface area contributed by atoms with E-state index in [1.807, 2.05) is 0 Å². The van der Waals surface area contributed by atoms with E-state index in [0.29, 0.717) is 0 Å². The van der Waals surface area contributed by atoms with Crippen LogP contribution in [0.3, 0.4) is 0 Å². The van der Waals surface area contributed by atoms with Crippen molar-refractivity contribution in [2.75, 3.05) is 0 Å². The predicted octanol–water partition coefficient (Wildman–Crippen LogP) is 0.161. The molecule has 3 N–H and O–H groups in total. The van der Waals surface area contributed by atoms with Gasteiger partial charge in [-0.05, 0) is 26.0 Å². The van der Waals surface area contributed by atoms with Gasteiger partial charge < -0.3 is 15.6 Å². The van der Waals surface area contributed by atoms with E-state index in [0.717, 1.165) is 0 Å². The van der Waals surface area contributed by atoms with Gasteiger partial charge in [0.25, 0.3) is 0 Å². The smallest absolute Gasteiger partial charge is 0.303 e. The number of ether oxygens (including phenoxy) is 1. The molecule has 2 atom stereocenters. The molecule has 0 fully saturated rings. The average Bonchev–Trinajstić information content (AvgIpc) is 1.80. The normalized spacial score (nSPS) is 18.8. The van der Waals surface area contributed by atoms with Crippen LogP contribution in [0.2, 0.25) is 0 Å². The Morgan fingerprint density at radius 3 is 2.58 bits per heavy atom. The minimum Gasteiger partial charge on any atom is -0.459 e. The summed E-state index contributed by atoms with van der Waals surface area (Å²) >= 11 is 0. The first kappa shape index (κ1) is 11.1. The van der Waals surface area contributed by atoms with Crippen LogP contribution in [0.5, 0.6) is 0 Å². The van der Waals surface area contributed by atoms with E-state index in [-0.39, 0.29) is 12.1 Å². The van der Waals surface area contributed by atoms with Crippen LogP contribution in [0, 0.1) is 0 Å². The second-order valence-electron chi connectivity index (χ2n) is 2.90. The lowest BCUT2D eigenvalue weighted by Gasteiger charge is -2.12. The molecule has 0 heterocycles. The molecule has 4 heteroatoms. The molecule has 0 aliphatic rings. The number of rotatable bonds is 3. The lowest BCUT2D eigenvalue weighted by atomic mass is 10.2. The standard InChI is InChI=1S/C8H15NO3/c1-6(12-7(2)10)4-5-8(3,9)11/h4-6,11H,9H2,1-3H3/b5-4-/t6-,8?/m0/s1. The van der Waals surface area contributed by atoms with Crippen molar-refractivity contribution < 1.29 is 14.6 Å². The van der Waals surface area contributed by atoms with E-state index < -0.39 is 5.72 Å². The van der Waals surface area contributed by atoms with Gasteiger partial charge in [-0.1, -0.05) is 0 Å². The van der Waals surface area contributed by atoms with Crippen LogP contribution < -0.4 is 5.73 Å². The average molecular weight is 173 g/mol. The van der Waals surface area contributed by atoms with Crippen molar-refractivity contribution in [3.63, 3.8) is 0 Å². The highest BCUT2D eigenvalue weighted by atomic mass is 16.5. The summed E-state index contributed by atoms with van der Waals surface area (Å²) in [6, 6.07) is 0. The number of esters is 1. The van der Waals surface area contributed by atoms with E-state index in [1.54, 1.807) is 6.92 Å². The number of nitrogens with two attached hydrogens (primary N) is 1. The summed E-state index contributed by atoms with van der Waals surface area (Å²) in [4.78, 5) is 10.4. The van der Waals surface area contributed by atoms with E-state index in [2.05, 4.69) is 0 Å². The molecule has 0 saturated heterocycles. The van der Waals surface area contributed by atoms with Gasteiger partial charge in [0.1, 0.15) is 11.8 Å². The number of carbonyl (C=O) groups is 1. The third-order valence-corrected chi connectivity index (χ3v) is 1.06. The fourth-order valence-corrected chi connectivity index (χ4v) is 0.631. The topological polar surface area (TPSA) is 72.5 Å². The Labute approximate surface area is 72.0 Å². The zero-order valence-corrected chi connectivity index (χ0v) is 7.57. The summed E-state index contributed by atoms with van der Waals surface area (Å²) in [7, 11) is 0. The van der Waals surface area contributed by atoms with Crippen molar-refractivity contribution >= 4 is 5.97 Å². The van der Waals surface area contributed by atoms with Gasteiger partial charge in [-0.25, -0.2) is 0 Å². The van der Waals surface area contributed by atoms with Gasteiger partial charge in [0.05, 0.1) is 0 Å². The van der Waals surface area contributed by atoms with Gasteiger partial charge in [-0.15, -0.1) is 0 Å². The molecule has 0 aliphatic heterocycles. The lowest BCUT2D eigenvalue weighted by molar-refractivity contribution is -0.143. The summed E-state index contributed by atoms with van der Waals surface area (Å²) < 4.78 is 4.75. The van der Waals surface area contributed by atoms with Crippen LogP contribution in [0.4, 0.5) is 0 Å². The Hall–Kier alpha value is -0.870. The highest BCUT2D eigenvalue weighted by molar-refractivity contribution is 5.66. The van der Waals surface area contributed by atoms with Gasteiger partial charge in [-0.2, -0.15) is 0 Å². The number of hydrogen-bond donors (Lipinski definition) is 2. The monoisotopic (exact) mass is 173 g/mol. The van der Waals surface area contributed by atoms with Gasteiger partial charge in [-0.3, -0.25) is 4.79 Å². The molecule has 70 valence electrons. The minimum absolute atomic E-state index is 0.358. The summed E-state index contributed by atoms with van der Waals surface area (Å²) in [6.45, 7) is 4.44. The molecule has 0 bridgehead atoms. The van der Waals surface area contributed by atoms with Crippen LogP contribution >= 0.6 is 0 Å². The second kappa shape index (κ2) is 4.23. The largest absolute Gasteiger partial charge is 0.459 e. The molecule has 0 aliphatic carbocycles. The number of carbonyl (C=O) groups excluding carboxylic acids is 1. The van der Waals surface area contributed by atoms with Crippen LogP contribution in [0.1, 0.15) is 20.8 Å². The van der Waals surface area contributed by atoms with Gasteiger partial charge in [0, 0.05) is 6.92 Å². The lowest BCUT2D eigenvalue weighted by Crippen LogP contribution is -2.33. The van der Waals surface area contributed by atoms with E-state index in [9.17, 15) is 4.79 Å². The summed E-state index contributed by atoms with van der Waals surface area (Å²) in [5.74, 6) is -0.358. The Kier molecular flexibility index (Phi) is 3.92. The summed E-state index contributed by atoms with van der Waals surface area (Å²) in [5, 5.41) is 9.05. The molecule has 0 aromatic carbocycles. The van der Waals surface area contributed by atoms with Crippen LogP contribution in [0.25, 0.3) is 0 Å². The first-order valence-corrected chi connectivity index (χ1v) is 3.69. The van der Waals surface area contributed by atoms with Crippen molar-refractivity contribution in [3.05, 3.63) is 12.2 Å². The van der Waals surface area contributed by atoms with Gasteiger partial charge in [0.2, 0.25) is 0 Å². The number of hydrogen-bond acceptors (Lipinski definition) is 4. The minimum atomic E-state index is -1.35. The summed E-state index contributed by atoms with van der Waals surface area (Å²) in [5.41, 5.74) is 3.89. The molecule has 12 heavy (non-hydrogen) atoms. The molecule has 0 aromatic heterocycles. The van der Waals surface area contributed by atoms with E-state index in [1.165, 1.54) is 26.0 Å².